The molecule has 2 heterocycles. The number of aromatic nitrogens is 4. The van der Waals surface area contributed by atoms with Crippen molar-refractivity contribution in [3.05, 3.63) is 46.9 Å². The van der Waals surface area contributed by atoms with Crippen LogP contribution >= 0.6 is 67.6 Å². The normalized spacial score (nSPS) is 9.67. The number of rotatable bonds is 0. The van der Waals surface area contributed by atoms with Gasteiger partial charge >= 0.3 is 0 Å². The van der Waals surface area contributed by atoms with Gasteiger partial charge in [-0.3, -0.25) is 0 Å². The minimum absolute atomic E-state index is 0.951. The van der Waals surface area contributed by atoms with E-state index in [1.807, 2.05) is 42.5 Å². The topological polar surface area (TPSA) is 51.6 Å². The molecule has 0 fully saturated rings. The second kappa shape index (κ2) is 8.84. The van der Waals surface area contributed by atoms with E-state index >= 15 is 0 Å². The number of benzene rings is 2. The molecule has 0 bridgehead atoms. The summed E-state index contributed by atoms with van der Waals surface area (Å²) in [5, 5.41) is 0. The lowest BCUT2D eigenvalue weighted by molar-refractivity contribution is 1.61. The van der Waals surface area contributed by atoms with E-state index < -0.39 is 0 Å². The largest absolute Gasteiger partial charge is 0.173 e. The zero-order chi connectivity index (χ0) is 15.1. The molecule has 0 aliphatic rings. The quantitative estimate of drug-likeness (QED) is 0.298. The van der Waals surface area contributed by atoms with E-state index in [1.54, 1.807) is 0 Å². The van der Waals surface area contributed by atoms with Gasteiger partial charge in [0.15, 0.2) is 0 Å². The lowest BCUT2D eigenvalue weighted by Crippen LogP contribution is -1.68. The molecule has 21 heavy (non-hydrogen) atoms. The van der Waals surface area contributed by atoms with E-state index in [1.165, 1.54) is 23.5 Å². The summed E-state index contributed by atoms with van der Waals surface area (Å²) < 4.78 is 17.3. The first-order valence-corrected chi connectivity index (χ1v) is 11.5. The van der Waals surface area contributed by atoms with Crippen LogP contribution in [-0.2, 0) is 0 Å². The third-order valence-corrected chi connectivity index (χ3v) is 4.14. The van der Waals surface area contributed by atoms with Crippen molar-refractivity contribution in [2.75, 3.05) is 0 Å². The third kappa shape index (κ3) is 4.49. The number of hydrogen-bond donors (Lipinski definition) is 0. The van der Waals surface area contributed by atoms with Crippen molar-refractivity contribution < 1.29 is 0 Å². The van der Waals surface area contributed by atoms with Crippen LogP contribution in [0.1, 0.15) is 0 Å². The summed E-state index contributed by atoms with van der Waals surface area (Å²) in [5.41, 5.74) is 3.89. The van der Waals surface area contributed by atoms with Crippen LogP contribution in [0, 0.1) is 0 Å². The Morgan fingerprint density at radius 1 is 0.667 bits per heavy atom. The predicted octanol–water partition coefficient (Wildman–Crippen LogP) is 5.84. The number of fused-ring (bicyclic) bond motifs is 2. The fraction of sp³-hybridized carbons (Fsp3) is 0. The molecule has 0 spiro atoms. The lowest BCUT2D eigenvalue weighted by atomic mass is 10.3. The van der Waals surface area contributed by atoms with E-state index in [9.17, 15) is 0 Å². The summed E-state index contributed by atoms with van der Waals surface area (Å²) in [6, 6.07) is 13.7. The van der Waals surface area contributed by atoms with Crippen molar-refractivity contribution in [2.45, 2.75) is 0 Å². The van der Waals surface area contributed by atoms with E-state index in [0.717, 1.165) is 26.5 Å². The number of hydrogen-bond acceptors (Lipinski definition) is 6. The average Bonchev–Trinajstić information content (AvgIpc) is 3.19. The van der Waals surface area contributed by atoms with Gasteiger partial charge in [-0.1, -0.05) is 18.2 Å². The highest BCUT2D eigenvalue weighted by molar-refractivity contribution is 9.93. The second-order valence-corrected chi connectivity index (χ2v) is 5.54. The van der Waals surface area contributed by atoms with E-state index in [-0.39, 0.29) is 0 Å². The van der Waals surface area contributed by atoms with Crippen molar-refractivity contribution in [2.24, 2.45) is 0 Å². The summed E-state index contributed by atoms with van der Waals surface area (Å²) in [4.78, 5) is 0. The van der Waals surface area contributed by atoms with Crippen LogP contribution in [0.5, 0.6) is 0 Å². The van der Waals surface area contributed by atoms with Crippen LogP contribution in [0.2, 0.25) is 0 Å². The van der Waals surface area contributed by atoms with E-state index in [2.05, 4.69) is 61.7 Å². The van der Waals surface area contributed by atoms with Crippen molar-refractivity contribution in [3.8, 4) is 0 Å². The van der Waals surface area contributed by atoms with Crippen LogP contribution < -0.4 is 0 Å². The molecule has 2 aromatic heterocycles. The molecule has 0 saturated heterocycles. The zero-order valence-electron chi connectivity index (χ0n) is 10.3. The molecule has 9 heteroatoms. The minimum atomic E-state index is 0.951. The van der Waals surface area contributed by atoms with Crippen LogP contribution in [-0.4, -0.2) is 17.5 Å². The smallest absolute Gasteiger partial charge is 0.118 e. The Morgan fingerprint density at radius 3 is 1.81 bits per heavy atom. The van der Waals surface area contributed by atoms with Gasteiger partial charge < -0.3 is 0 Å². The molecule has 0 aliphatic carbocycles. The number of halogens is 3. The van der Waals surface area contributed by atoms with Gasteiger partial charge in [-0.25, -0.2) is 0 Å². The first-order chi connectivity index (χ1) is 10.3. The molecular formula is C12H7Br3N4S2. The van der Waals surface area contributed by atoms with E-state index in [4.69, 9.17) is 0 Å². The Balaban J connectivity index is 0.000000138. The fourth-order valence-electron chi connectivity index (χ4n) is 1.50. The molecule has 0 N–H and O–H groups in total. The van der Waals surface area contributed by atoms with Gasteiger partial charge in [0.1, 0.15) is 22.1 Å². The fourth-order valence-corrected chi connectivity index (χ4v) is 3.14. The summed E-state index contributed by atoms with van der Waals surface area (Å²) in [6.45, 7) is 0. The SMILES string of the molecule is BrBr.Brc1cccc2nsnc12.c1ccc2nsnc2c1. The van der Waals surface area contributed by atoms with Gasteiger partial charge in [-0.05, 0) is 40.2 Å². The maximum Gasteiger partial charge on any atom is 0.118 e. The standard InChI is InChI=1S/C6H3BrN2S.C6H4N2S.Br2/c7-4-2-1-3-5-6(4)9-10-8-5;1-2-4-6-5(3-1)7-9-8-6;1-2/h1-3H;1-4H;. The molecule has 108 valence electrons. The summed E-state index contributed by atoms with van der Waals surface area (Å²) in [6.07, 6.45) is 0. The minimum Gasteiger partial charge on any atom is -0.173 e. The molecule has 0 aliphatic heterocycles. The summed E-state index contributed by atoms with van der Waals surface area (Å²) in [5.74, 6) is 0. The third-order valence-electron chi connectivity index (χ3n) is 2.40. The molecule has 0 atom stereocenters. The molecular weight excluding hydrogens is 504 g/mol. The van der Waals surface area contributed by atoms with Crippen LogP contribution in [0.25, 0.3) is 22.1 Å². The van der Waals surface area contributed by atoms with Crippen LogP contribution in [0.15, 0.2) is 46.9 Å². The summed E-state index contributed by atoms with van der Waals surface area (Å²) >= 11 is 11.4. The highest BCUT2D eigenvalue weighted by atomic mass is 80.9. The average molecular weight is 511 g/mol. The van der Waals surface area contributed by atoms with Crippen molar-refractivity contribution in [3.63, 3.8) is 0 Å². The monoisotopic (exact) mass is 508 g/mol. The van der Waals surface area contributed by atoms with Crippen molar-refractivity contribution in [1.82, 2.24) is 17.5 Å². The van der Waals surface area contributed by atoms with Crippen molar-refractivity contribution in [1.29, 1.82) is 0 Å². The first-order valence-electron chi connectivity index (χ1n) is 5.53. The second-order valence-electron chi connectivity index (χ2n) is 3.62. The van der Waals surface area contributed by atoms with Gasteiger partial charge in [0, 0.05) is 32.7 Å². The van der Waals surface area contributed by atoms with Gasteiger partial charge in [-0.15, -0.1) is 0 Å². The molecule has 4 rings (SSSR count). The first kappa shape index (κ1) is 16.9. The lowest BCUT2D eigenvalue weighted by Gasteiger charge is -1.86. The Labute approximate surface area is 153 Å². The predicted molar refractivity (Wildman–Crippen MR) is 100 cm³/mol. The van der Waals surface area contributed by atoms with Crippen LogP contribution in [0.4, 0.5) is 0 Å². The molecule has 2 aromatic carbocycles. The highest BCUT2D eigenvalue weighted by Crippen LogP contribution is 2.20. The number of nitrogens with zero attached hydrogens (tertiary/aromatic N) is 4. The zero-order valence-corrected chi connectivity index (χ0v) is 16.7. The highest BCUT2D eigenvalue weighted by Gasteiger charge is 1.99. The Bertz CT molecular complexity index is 788. The molecule has 4 aromatic rings. The van der Waals surface area contributed by atoms with E-state index in [0.29, 0.717) is 0 Å². The van der Waals surface area contributed by atoms with Gasteiger partial charge in [0.2, 0.25) is 0 Å². The van der Waals surface area contributed by atoms with Gasteiger partial charge in [0.25, 0.3) is 0 Å². The Kier molecular flexibility index (Phi) is 7.11. The molecule has 0 saturated carbocycles. The molecule has 0 unspecified atom stereocenters. The maximum atomic E-state index is 4.10. The maximum absolute atomic E-state index is 4.10. The van der Waals surface area contributed by atoms with Crippen molar-refractivity contribution >= 4 is 89.7 Å². The van der Waals surface area contributed by atoms with Gasteiger partial charge in [0.05, 0.1) is 23.5 Å². The summed E-state index contributed by atoms with van der Waals surface area (Å²) in [7, 11) is 0. The molecule has 0 radical (unpaired) electrons. The van der Waals surface area contributed by atoms with Crippen LogP contribution in [0.3, 0.4) is 0 Å². The molecule has 0 amide bonds. The Morgan fingerprint density at radius 2 is 1.19 bits per heavy atom. The Hall–Kier alpha value is -0.480. The van der Waals surface area contributed by atoms with Gasteiger partial charge in [-0.2, -0.15) is 17.5 Å². The molecule has 4 nitrogen and oxygen atoms in total.